The average Bonchev–Trinajstić information content (AvgIpc) is 2.49. The lowest BCUT2D eigenvalue weighted by molar-refractivity contribution is 0.445. The number of piperidine rings is 2. The fourth-order valence-corrected chi connectivity index (χ4v) is 3.29. The number of rotatable bonds is 3. The average molecular weight is 277 g/mol. The van der Waals surface area contributed by atoms with Gasteiger partial charge >= 0.3 is 0 Å². The molecule has 0 radical (unpaired) electrons. The molecule has 0 aliphatic carbocycles. The summed E-state index contributed by atoms with van der Waals surface area (Å²) in [4.78, 5) is 0. The molecule has 1 aromatic rings. The summed E-state index contributed by atoms with van der Waals surface area (Å²) in [5.74, 6) is 0.326. The highest BCUT2D eigenvalue weighted by Crippen LogP contribution is 2.29. The zero-order valence-corrected chi connectivity index (χ0v) is 11.9. The minimum Gasteiger partial charge on any atom is -0.381 e. The van der Waals surface area contributed by atoms with Gasteiger partial charge in [0.2, 0.25) is 0 Å². The zero-order valence-electron chi connectivity index (χ0n) is 11.9. The number of halogens is 1. The maximum absolute atomic E-state index is 14.3. The minimum absolute atomic E-state index is 0.0503. The molecular weight excluding hydrogens is 253 g/mol. The second-order valence-corrected chi connectivity index (χ2v) is 5.95. The van der Waals surface area contributed by atoms with Gasteiger partial charge in [-0.15, -0.1) is 0 Å². The van der Waals surface area contributed by atoms with E-state index in [2.05, 4.69) is 16.0 Å². The molecule has 1 unspecified atom stereocenters. The molecule has 0 amide bonds. The van der Waals surface area contributed by atoms with Crippen LogP contribution in [0, 0.1) is 5.82 Å². The van der Waals surface area contributed by atoms with Crippen molar-refractivity contribution >= 4 is 5.69 Å². The van der Waals surface area contributed by atoms with E-state index in [0.717, 1.165) is 56.7 Å². The van der Waals surface area contributed by atoms with E-state index in [1.165, 1.54) is 6.42 Å². The molecule has 110 valence electrons. The molecule has 2 fully saturated rings. The van der Waals surface area contributed by atoms with E-state index in [4.69, 9.17) is 0 Å². The molecule has 3 nitrogen and oxygen atoms in total. The summed E-state index contributed by atoms with van der Waals surface area (Å²) < 4.78 is 14.3. The van der Waals surface area contributed by atoms with Gasteiger partial charge in [0.25, 0.3) is 0 Å². The van der Waals surface area contributed by atoms with Gasteiger partial charge in [-0.25, -0.2) is 4.39 Å². The summed E-state index contributed by atoms with van der Waals surface area (Å²) in [5.41, 5.74) is 1.80. The predicted octanol–water partition coefficient (Wildman–Crippen LogP) is 2.46. The quantitative estimate of drug-likeness (QED) is 0.794. The fraction of sp³-hybridized carbons (Fsp3) is 0.625. The lowest BCUT2D eigenvalue weighted by Gasteiger charge is -2.26. The van der Waals surface area contributed by atoms with Crippen LogP contribution in [-0.4, -0.2) is 32.2 Å². The molecule has 3 N–H and O–H groups in total. The van der Waals surface area contributed by atoms with Crippen LogP contribution in [0.2, 0.25) is 0 Å². The SMILES string of the molecule is Fc1cc(NC2CCCNC2)ccc1C1CCNCC1. The van der Waals surface area contributed by atoms with Crippen LogP contribution in [0.25, 0.3) is 0 Å². The minimum atomic E-state index is -0.0503. The van der Waals surface area contributed by atoms with Crippen LogP contribution < -0.4 is 16.0 Å². The Balaban J connectivity index is 1.66. The highest BCUT2D eigenvalue weighted by atomic mass is 19.1. The highest BCUT2D eigenvalue weighted by molar-refractivity contribution is 5.47. The van der Waals surface area contributed by atoms with Gasteiger partial charge in [-0.1, -0.05) is 6.07 Å². The molecule has 0 bridgehead atoms. The number of hydrogen-bond acceptors (Lipinski definition) is 3. The molecular formula is C16H24FN3. The predicted molar refractivity (Wildman–Crippen MR) is 80.8 cm³/mol. The molecule has 1 atom stereocenters. The maximum atomic E-state index is 14.3. The molecule has 2 heterocycles. The van der Waals surface area contributed by atoms with Crippen LogP contribution >= 0.6 is 0 Å². The van der Waals surface area contributed by atoms with Gasteiger partial charge in [-0.05, 0) is 68.9 Å². The summed E-state index contributed by atoms with van der Waals surface area (Å²) >= 11 is 0. The molecule has 2 aliphatic heterocycles. The van der Waals surface area contributed by atoms with Crippen molar-refractivity contribution in [3.8, 4) is 0 Å². The highest BCUT2D eigenvalue weighted by Gasteiger charge is 2.19. The Morgan fingerprint density at radius 1 is 1.05 bits per heavy atom. The second kappa shape index (κ2) is 6.55. The second-order valence-electron chi connectivity index (χ2n) is 5.95. The number of benzene rings is 1. The Bertz CT molecular complexity index is 437. The van der Waals surface area contributed by atoms with Gasteiger partial charge in [0.05, 0.1) is 0 Å². The van der Waals surface area contributed by atoms with E-state index in [0.29, 0.717) is 12.0 Å². The standard InChI is InChI=1S/C16H24FN3/c17-16-10-13(20-14-2-1-7-19-11-14)3-4-15(16)12-5-8-18-9-6-12/h3-4,10,12,14,18-20H,1-2,5-9,11H2. The summed E-state index contributed by atoms with van der Waals surface area (Å²) in [6, 6.07) is 6.11. The Morgan fingerprint density at radius 3 is 2.60 bits per heavy atom. The zero-order chi connectivity index (χ0) is 13.8. The van der Waals surface area contributed by atoms with Crippen molar-refractivity contribution < 1.29 is 4.39 Å². The van der Waals surface area contributed by atoms with Crippen LogP contribution in [0.4, 0.5) is 10.1 Å². The lowest BCUT2D eigenvalue weighted by Crippen LogP contribution is -2.38. The van der Waals surface area contributed by atoms with Crippen molar-refractivity contribution in [2.75, 3.05) is 31.5 Å². The molecule has 0 spiro atoms. The number of hydrogen-bond donors (Lipinski definition) is 3. The van der Waals surface area contributed by atoms with E-state index < -0.39 is 0 Å². The van der Waals surface area contributed by atoms with Crippen molar-refractivity contribution in [2.45, 2.75) is 37.6 Å². The monoisotopic (exact) mass is 277 g/mol. The van der Waals surface area contributed by atoms with Gasteiger partial charge < -0.3 is 16.0 Å². The largest absolute Gasteiger partial charge is 0.381 e. The lowest BCUT2D eigenvalue weighted by atomic mass is 9.89. The van der Waals surface area contributed by atoms with Crippen molar-refractivity contribution in [3.05, 3.63) is 29.6 Å². The number of nitrogens with one attached hydrogen (secondary N) is 3. The van der Waals surface area contributed by atoms with Gasteiger partial charge in [-0.3, -0.25) is 0 Å². The number of anilines is 1. The molecule has 0 aromatic heterocycles. The topological polar surface area (TPSA) is 36.1 Å². The first-order valence-corrected chi connectivity index (χ1v) is 7.80. The molecule has 2 saturated heterocycles. The van der Waals surface area contributed by atoms with Crippen molar-refractivity contribution in [1.29, 1.82) is 0 Å². The Hall–Kier alpha value is -1.13. The van der Waals surface area contributed by atoms with E-state index in [1.807, 2.05) is 12.1 Å². The van der Waals surface area contributed by atoms with Crippen molar-refractivity contribution in [3.63, 3.8) is 0 Å². The van der Waals surface area contributed by atoms with E-state index in [-0.39, 0.29) is 5.82 Å². The first kappa shape index (κ1) is 13.8. The Morgan fingerprint density at radius 2 is 1.90 bits per heavy atom. The van der Waals surface area contributed by atoms with E-state index in [1.54, 1.807) is 6.07 Å². The molecule has 1 aromatic carbocycles. The Kier molecular flexibility index (Phi) is 4.53. The normalized spacial score (nSPS) is 24.6. The summed E-state index contributed by atoms with van der Waals surface area (Å²) in [6.07, 6.45) is 4.42. The first-order valence-electron chi connectivity index (χ1n) is 7.80. The molecule has 3 rings (SSSR count). The summed E-state index contributed by atoms with van der Waals surface area (Å²) in [5, 5.41) is 10.1. The first-order chi connectivity index (χ1) is 9.83. The van der Waals surface area contributed by atoms with E-state index in [9.17, 15) is 4.39 Å². The maximum Gasteiger partial charge on any atom is 0.128 e. The van der Waals surface area contributed by atoms with Crippen LogP contribution in [0.5, 0.6) is 0 Å². The van der Waals surface area contributed by atoms with Crippen LogP contribution in [-0.2, 0) is 0 Å². The third-order valence-corrected chi connectivity index (χ3v) is 4.45. The third kappa shape index (κ3) is 3.30. The third-order valence-electron chi connectivity index (χ3n) is 4.45. The van der Waals surface area contributed by atoms with Crippen LogP contribution in [0.15, 0.2) is 18.2 Å². The van der Waals surface area contributed by atoms with Crippen molar-refractivity contribution in [2.24, 2.45) is 0 Å². The van der Waals surface area contributed by atoms with Gasteiger partial charge in [0, 0.05) is 18.3 Å². The van der Waals surface area contributed by atoms with Gasteiger partial charge in [-0.2, -0.15) is 0 Å². The van der Waals surface area contributed by atoms with Crippen molar-refractivity contribution in [1.82, 2.24) is 10.6 Å². The molecule has 20 heavy (non-hydrogen) atoms. The summed E-state index contributed by atoms with van der Waals surface area (Å²) in [7, 11) is 0. The molecule has 2 aliphatic rings. The fourth-order valence-electron chi connectivity index (χ4n) is 3.29. The molecule has 0 saturated carbocycles. The van der Waals surface area contributed by atoms with Crippen LogP contribution in [0.1, 0.15) is 37.2 Å². The van der Waals surface area contributed by atoms with E-state index >= 15 is 0 Å². The summed E-state index contributed by atoms with van der Waals surface area (Å²) in [6.45, 7) is 4.06. The smallest absolute Gasteiger partial charge is 0.128 e. The van der Waals surface area contributed by atoms with Gasteiger partial charge in [0.1, 0.15) is 5.82 Å². The van der Waals surface area contributed by atoms with Gasteiger partial charge in [0.15, 0.2) is 0 Å². The van der Waals surface area contributed by atoms with Crippen LogP contribution in [0.3, 0.4) is 0 Å². The Labute approximate surface area is 120 Å². The molecule has 4 heteroatoms.